The number of aliphatic hydroxyl groups excluding tert-OH is 1. The van der Waals surface area contributed by atoms with Crippen LogP contribution in [0, 0.1) is 5.82 Å². The molecule has 0 amide bonds. The van der Waals surface area contributed by atoms with Crippen LogP contribution in [0.1, 0.15) is 16.3 Å². The lowest BCUT2D eigenvalue weighted by Crippen LogP contribution is -2.40. The molecule has 134 valence electrons. The van der Waals surface area contributed by atoms with E-state index in [1.165, 1.54) is 34.2 Å². The summed E-state index contributed by atoms with van der Waals surface area (Å²) < 4.78 is 20.9. The van der Waals surface area contributed by atoms with Gasteiger partial charge in [0.05, 0.1) is 22.1 Å². The largest absolute Gasteiger partial charge is 0.627 e. The van der Waals surface area contributed by atoms with Gasteiger partial charge in [0.25, 0.3) is 13.7 Å². The molecular weight excluding hydrogens is 396 g/mol. The van der Waals surface area contributed by atoms with Crippen LogP contribution in [0.15, 0.2) is 60.0 Å². The maximum absolute atomic E-state index is 13.8. The number of para-hydroxylation sites is 1. The lowest BCUT2D eigenvalue weighted by Gasteiger charge is -2.44. The predicted molar refractivity (Wildman–Crippen MR) is 101 cm³/mol. The fourth-order valence-corrected chi connectivity index (χ4v) is 6.33. The fourth-order valence-electron chi connectivity index (χ4n) is 2.85. The number of fused-ring (bicyclic) bond motifs is 1. The van der Waals surface area contributed by atoms with Crippen molar-refractivity contribution in [3.63, 3.8) is 0 Å². The molecule has 1 aromatic heterocycles. The molecule has 0 bridgehead atoms. The van der Waals surface area contributed by atoms with Gasteiger partial charge in [0, 0.05) is 5.56 Å². The third-order valence-corrected chi connectivity index (χ3v) is 7.96. The maximum Gasteiger partial charge on any atom is 0.281 e. The number of thiophene rings is 1. The third-order valence-electron chi connectivity index (χ3n) is 4.17. The molecule has 0 spiro atoms. The first-order valence-corrected chi connectivity index (χ1v) is 10.7. The molecule has 0 saturated carbocycles. The molecule has 0 fully saturated rings. The van der Waals surface area contributed by atoms with E-state index in [-0.39, 0.29) is 11.6 Å². The van der Waals surface area contributed by atoms with Gasteiger partial charge in [0.2, 0.25) is 0 Å². The second-order valence-electron chi connectivity index (χ2n) is 5.81. The summed E-state index contributed by atoms with van der Waals surface area (Å²) in [5, 5.41) is 12.6. The number of aliphatic hydroxyl groups is 1. The number of nitrogens with zero attached hydrogens (tertiary/aromatic N) is 1. The standard InChI is InChI=1S/C18H14ClFNO3PS/c19-14-10-13(7-8-15(14)20)21-11-12-4-1-2-5-16(12)24-25(21,23)18(22)17-6-3-9-26-17/h1-10,18,22H,11H2. The number of anilines is 1. The van der Waals surface area contributed by atoms with E-state index in [0.29, 0.717) is 16.3 Å². The van der Waals surface area contributed by atoms with E-state index in [2.05, 4.69) is 0 Å². The van der Waals surface area contributed by atoms with E-state index in [1.54, 1.807) is 29.6 Å². The van der Waals surface area contributed by atoms with Crippen LogP contribution in [0.25, 0.3) is 0 Å². The zero-order valence-electron chi connectivity index (χ0n) is 13.4. The summed E-state index contributed by atoms with van der Waals surface area (Å²) in [6, 6.07) is 14.8. The van der Waals surface area contributed by atoms with E-state index < -0.39 is 19.5 Å². The van der Waals surface area contributed by atoms with Gasteiger partial charge in [0.1, 0.15) is 5.82 Å². The van der Waals surface area contributed by atoms with E-state index in [9.17, 15) is 14.4 Å². The van der Waals surface area contributed by atoms with Crippen molar-refractivity contribution in [2.75, 3.05) is 4.67 Å². The first kappa shape index (κ1) is 17.7. The first-order valence-electron chi connectivity index (χ1n) is 7.81. The van der Waals surface area contributed by atoms with Crippen molar-refractivity contribution in [2.45, 2.75) is 12.4 Å². The van der Waals surface area contributed by atoms with E-state index >= 15 is 0 Å². The minimum Gasteiger partial charge on any atom is -0.627 e. The highest BCUT2D eigenvalue weighted by atomic mass is 35.5. The molecule has 4 rings (SSSR count). The summed E-state index contributed by atoms with van der Waals surface area (Å²) in [5.74, 6) is -1.43. The Balaban J connectivity index is 1.83. The minimum atomic E-state index is -3.77. The van der Waals surface area contributed by atoms with Crippen molar-refractivity contribution in [3.05, 3.63) is 81.3 Å². The number of hydrogen-bond donors (Lipinski definition) is 1. The molecule has 1 N–H and O–H groups in total. The highest BCUT2D eigenvalue weighted by Crippen LogP contribution is 2.68. The van der Waals surface area contributed by atoms with Crippen molar-refractivity contribution in [1.82, 2.24) is 0 Å². The Hall–Kier alpha value is -1.69. The molecule has 26 heavy (non-hydrogen) atoms. The average molecular weight is 410 g/mol. The van der Waals surface area contributed by atoms with Crippen molar-refractivity contribution >= 4 is 36.5 Å². The molecule has 0 saturated heterocycles. The van der Waals surface area contributed by atoms with Crippen molar-refractivity contribution in [1.29, 1.82) is 0 Å². The number of benzene rings is 2. The zero-order chi connectivity index (χ0) is 18.3. The van der Waals surface area contributed by atoms with E-state index in [0.717, 1.165) is 5.56 Å². The van der Waals surface area contributed by atoms with Crippen molar-refractivity contribution in [2.24, 2.45) is 0 Å². The van der Waals surface area contributed by atoms with Crippen molar-refractivity contribution < 1.29 is 18.9 Å². The van der Waals surface area contributed by atoms with Gasteiger partial charge in [-0.2, -0.15) is 0 Å². The molecule has 1 aliphatic heterocycles. The molecule has 1 aliphatic rings. The second kappa shape index (κ2) is 6.80. The summed E-state index contributed by atoms with van der Waals surface area (Å²) in [7, 11) is -3.77. The molecular formula is C18H14ClFNO3PS. The smallest absolute Gasteiger partial charge is 0.281 e. The Morgan fingerprint density at radius 2 is 2.04 bits per heavy atom. The summed E-state index contributed by atoms with van der Waals surface area (Å²) >= 11 is 7.21. The highest BCUT2D eigenvalue weighted by Gasteiger charge is 2.51. The summed E-state index contributed by atoms with van der Waals surface area (Å²) in [6.07, 6.45) is 0. The lowest BCUT2D eigenvalue weighted by molar-refractivity contribution is -0.196. The van der Waals surface area contributed by atoms with Crippen LogP contribution in [0.4, 0.5) is 10.1 Å². The summed E-state index contributed by atoms with van der Waals surface area (Å²) in [6.45, 7) is 0.248. The van der Waals surface area contributed by atoms with Gasteiger partial charge in [-0.25, -0.2) is 9.06 Å². The zero-order valence-corrected chi connectivity index (χ0v) is 15.8. The molecule has 3 aromatic rings. The van der Waals surface area contributed by atoms with Crippen LogP contribution >= 0.6 is 30.8 Å². The number of rotatable bonds is 3. The number of halogens is 2. The topological polar surface area (TPSA) is 55.8 Å². The lowest BCUT2D eigenvalue weighted by atomic mass is 10.2. The van der Waals surface area contributed by atoms with Gasteiger partial charge in [0.15, 0.2) is 5.75 Å². The molecule has 2 unspecified atom stereocenters. The predicted octanol–water partition coefficient (Wildman–Crippen LogP) is 4.75. The Bertz CT molecular complexity index is 942. The molecule has 0 aliphatic carbocycles. The molecule has 8 heteroatoms. The minimum absolute atomic E-state index is 0.0847. The van der Waals surface area contributed by atoms with E-state index in [1.807, 2.05) is 12.1 Å². The average Bonchev–Trinajstić information content (AvgIpc) is 3.17. The maximum atomic E-state index is 13.8. The normalized spacial score (nSPS) is 20.4. The molecule has 2 heterocycles. The Morgan fingerprint density at radius 3 is 2.77 bits per heavy atom. The third kappa shape index (κ3) is 2.98. The van der Waals surface area contributed by atoms with Gasteiger partial charge in [-0.15, -0.1) is 11.3 Å². The summed E-state index contributed by atoms with van der Waals surface area (Å²) in [5.41, 5.74) is 1.24. The Labute approximate surface area is 159 Å². The van der Waals surface area contributed by atoms with Crippen LogP contribution < -0.4 is 14.1 Å². The quantitative estimate of drug-likeness (QED) is 0.634. The molecule has 2 aromatic carbocycles. The van der Waals surface area contributed by atoms with Crippen LogP contribution in [0.3, 0.4) is 0 Å². The Kier molecular flexibility index (Phi) is 4.63. The first-order chi connectivity index (χ1) is 12.5. The van der Waals surface area contributed by atoms with Crippen molar-refractivity contribution in [3.8, 4) is 5.75 Å². The summed E-state index contributed by atoms with van der Waals surface area (Å²) in [4.78, 5) is 14.4. The molecule has 4 nitrogen and oxygen atoms in total. The highest BCUT2D eigenvalue weighted by molar-refractivity contribution is 7.66. The van der Waals surface area contributed by atoms with Crippen LogP contribution in [-0.2, 0) is 6.54 Å². The van der Waals surface area contributed by atoms with Crippen LogP contribution in [-0.4, -0.2) is 5.11 Å². The molecule has 2 atom stereocenters. The van der Waals surface area contributed by atoms with Crippen LogP contribution in [0.2, 0.25) is 5.02 Å². The van der Waals surface area contributed by atoms with Gasteiger partial charge in [-0.3, -0.25) is 0 Å². The Morgan fingerprint density at radius 1 is 1.23 bits per heavy atom. The van der Waals surface area contributed by atoms with Gasteiger partial charge in [-0.05, 0) is 35.7 Å². The number of hydrogen-bond acceptors (Lipinski definition) is 5. The fraction of sp³-hybridized carbons (Fsp3) is 0.111. The van der Waals surface area contributed by atoms with E-state index in [4.69, 9.17) is 16.1 Å². The SMILES string of the molecule is [O-][P+]1(C(O)c2cccs2)Oc2ccccc2CN1c1ccc(F)c(Cl)c1. The molecule has 0 radical (unpaired) electrons. The van der Waals surface area contributed by atoms with Gasteiger partial charge in [-0.1, -0.05) is 35.9 Å². The monoisotopic (exact) mass is 409 g/mol. The van der Waals surface area contributed by atoms with Gasteiger partial charge < -0.3 is 14.5 Å². The second-order valence-corrected chi connectivity index (χ2v) is 9.48. The van der Waals surface area contributed by atoms with Crippen LogP contribution in [0.5, 0.6) is 5.75 Å². The van der Waals surface area contributed by atoms with Gasteiger partial charge >= 0.3 is 0 Å².